The van der Waals surface area contributed by atoms with Crippen LogP contribution in [0.25, 0.3) is 10.6 Å². The molecule has 0 aliphatic carbocycles. The first-order valence-corrected chi connectivity index (χ1v) is 14.2. The maximum Gasteiger partial charge on any atom is 0.336 e. The van der Waals surface area contributed by atoms with Crippen LogP contribution in [0.15, 0.2) is 84.9 Å². The first kappa shape index (κ1) is 35.0. The fraction of sp³-hybridized carbons (Fsp3) is 0.303. The first-order valence-electron chi connectivity index (χ1n) is 13.9. The second-order valence-corrected chi connectivity index (χ2v) is 10.0. The number of carbonyl (C=O) groups is 3. The van der Waals surface area contributed by atoms with Crippen molar-refractivity contribution in [3.8, 4) is 5.75 Å². The summed E-state index contributed by atoms with van der Waals surface area (Å²) in [5, 5.41) is 34.6. The number of carboxylic acid groups (broad SMARTS) is 3. The SMILES string of the molecule is CCN(CC)CCCOc1ccc(C(=C(Cl)c2ccccc2)c2ccccc2)cc1.O=C(O)CC(O)(CC(=O)O)C(=O)O. The summed E-state index contributed by atoms with van der Waals surface area (Å²) in [7, 11) is 0. The van der Waals surface area contributed by atoms with Crippen molar-refractivity contribution >= 4 is 40.1 Å². The predicted molar refractivity (Wildman–Crippen MR) is 166 cm³/mol. The van der Waals surface area contributed by atoms with Crippen molar-refractivity contribution in [3.05, 3.63) is 102 Å². The highest BCUT2D eigenvalue weighted by Gasteiger charge is 2.40. The van der Waals surface area contributed by atoms with Gasteiger partial charge in [-0.25, -0.2) is 4.79 Å². The maximum atomic E-state index is 10.3. The van der Waals surface area contributed by atoms with Gasteiger partial charge in [-0.1, -0.05) is 98.2 Å². The van der Waals surface area contributed by atoms with Crippen LogP contribution in [0.1, 0.15) is 49.8 Å². The van der Waals surface area contributed by atoms with E-state index in [-0.39, 0.29) is 0 Å². The van der Waals surface area contributed by atoms with Crippen molar-refractivity contribution in [3.63, 3.8) is 0 Å². The Morgan fingerprint density at radius 1 is 0.744 bits per heavy atom. The van der Waals surface area contributed by atoms with Crippen LogP contribution in [0.5, 0.6) is 5.75 Å². The Balaban J connectivity index is 0.000000420. The number of hydrogen-bond acceptors (Lipinski definition) is 6. The minimum Gasteiger partial charge on any atom is -0.494 e. The molecule has 0 aliphatic heterocycles. The summed E-state index contributed by atoms with van der Waals surface area (Å²) in [6.45, 7) is 8.35. The molecular weight excluding hydrogens is 574 g/mol. The number of benzene rings is 3. The number of ether oxygens (including phenoxy) is 1. The number of aliphatic carboxylic acids is 3. The minimum atomic E-state index is -2.74. The fourth-order valence-corrected chi connectivity index (χ4v) is 4.55. The molecule has 10 heteroatoms. The average molecular weight is 612 g/mol. The Kier molecular flexibility index (Phi) is 14.4. The van der Waals surface area contributed by atoms with Crippen molar-refractivity contribution in [2.24, 2.45) is 0 Å². The van der Waals surface area contributed by atoms with Gasteiger partial charge < -0.3 is 30.1 Å². The molecule has 0 heterocycles. The lowest BCUT2D eigenvalue weighted by Crippen LogP contribution is -2.42. The molecular formula is C33H38ClNO8. The molecule has 0 aliphatic rings. The topological polar surface area (TPSA) is 145 Å². The first-order chi connectivity index (χ1) is 20.5. The van der Waals surface area contributed by atoms with Crippen LogP contribution >= 0.6 is 11.6 Å². The molecule has 3 aromatic carbocycles. The van der Waals surface area contributed by atoms with Crippen molar-refractivity contribution in [2.75, 3.05) is 26.2 Å². The van der Waals surface area contributed by atoms with Crippen molar-refractivity contribution in [1.82, 2.24) is 4.90 Å². The van der Waals surface area contributed by atoms with Crippen molar-refractivity contribution in [2.45, 2.75) is 38.7 Å². The summed E-state index contributed by atoms with van der Waals surface area (Å²) < 4.78 is 5.96. The monoisotopic (exact) mass is 611 g/mol. The van der Waals surface area contributed by atoms with Crippen molar-refractivity contribution in [1.29, 1.82) is 0 Å². The van der Waals surface area contributed by atoms with E-state index in [0.717, 1.165) is 65.7 Å². The van der Waals surface area contributed by atoms with Gasteiger partial charge in [-0.3, -0.25) is 9.59 Å². The third-order valence-corrected chi connectivity index (χ3v) is 6.93. The van der Waals surface area contributed by atoms with E-state index in [4.69, 9.17) is 36.8 Å². The van der Waals surface area contributed by atoms with Gasteiger partial charge in [-0.15, -0.1) is 0 Å². The van der Waals surface area contributed by atoms with Gasteiger partial charge >= 0.3 is 17.9 Å². The number of hydrogen-bond donors (Lipinski definition) is 4. The van der Waals surface area contributed by atoms with E-state index >= 15 is 0 Å². The van der Waals surface area contributed by atoms with E-state index in [9.17, 15) is 14.4 Å². The molecule has 4 N–H and O–H groups in total. The average Bonchev–Trinajstić information content (AvgIpc) is 2.98. The molecule has 0 aromatic heterocycles. The van der Waals surface area contributed by atoms with Gasteiger partial charge in [-0.2, -0.15) is 0 Å². The fourth-order valence-electron chi connectivity index (χ4n) is 4.20. The minimum absolute atomic E-state index is 0.724. The van der Waals surface area contributed by atoms with Gasteiger partial charge in [0.25, 0.3) is 0 Å². The molecule has 0 saturated heterocycles. The molecule has 0 bridgehead atoms. The molecule has 0 saturated carbocycles. The van der Waals surface area contributed by atoms with Gasteiger partial charge in [0, 0.05) is 12.1 Å². The maximum absolute atomic E-state index is 10.3. The molecule has 0 spiro atoms. The molecule has 43 heavy (non-hydrogen) atoms. The normalized spacial score (nSPS) is 11.7. The van der Waals surface area contributed by atoms with Crippen molar-refractivity contribution < 1.29 is 39.5 Å². The quantitative estimate of drug-likeness (QED) is 0.125. The summed E-state index contributed by atoms with van der Waals surface area (Å²) in [5.74, 6) is -4.13. The lowest BCUT2D eigenvalue weighted by molar-refractivity contribution is -0.170. The zero-order valence-corrected chi connectivity index (χ0v) is 25.0. The molecule has 0 radical (unpaired) electrons. The lowest BCUT2D eigenvalue weighted by Gasteiger charge is -2.18. The van der Waals surface area contributed by atoms with Crippen LogP contribution in [0.3, 0.4) is 0 Å². The van der Waals surface area contributed by atoms with Gasteiger partial charge in [0.1, 0.15) is 5.75 Å². The molecule has 0 atom stereocenters. The van der Waals surface area contributed by atoms with E-state index in [1.807, 2.05) is 60.7 Å². The third kappa shape index (κ3) is 11.5. The summed E-state index contributed by atoms with van der Waals surface area (Å²) in [5.41, 5.74) is 1.47. The third-order valence-electron chi connectivity index (χ3n) is 6.52. The molecule has 0 unspecified atom stereocenters. The standard InChI is InChI=1S/C27H30ClNO.C6H8O7/c1-3-29(4-2)20-11-21-30-25-18-16-23(17-19-25)26(22-12-7-5-8-13-22)27(28)24-14-9-6-10-15-24;7-3(8)1-6(13,5(11)12)2-4(9)10/h5-10,12-19H,3-4,11,20-21H2,1-2H3;13H,1-2H2,(H,7,8)(H,9,10)(H,11,12). The van der Waals surface area contributed by atoms with E-state index in [1.165, 1.54) is 0 Å². The highest BCUT2D eigenvalue weighted by atomic mass is 35.5. The van der Waals surface area contributed by atoms with Crippen LogP contribution in [-0.2, 0) is 14.4 Å². The van der Waals surface area contributed by atoms with Crippen LogP contribution in [0.4, 0.5) is 0 Å². The number of nitrogens with zero attached hydrogens (tertiary/aromatic N) is 1. The number of aliphatic hydroxyl groups is 1. The molecule has 230 valence electrons. The number of carboxylic acids is 3. The molecule has 0 fully saturated rings. The van der Waals surface area contributed by atoms with Gasteiger partial charge in [0.2, 0.25) is 0 Å². The van der Waals surface area contributed by atoms with Gasteiger partial charge in [0.05, 0.1) is 24.5 Å². The van der Waals surface area contributed by atoms with E-state index in [0.29, 0.717) is 0 Å². The van der Waals surface area contributed by atoms with E-state index in [1.54, 1.807) is 0 Å². The zero-order chi connectivity index (χ0) is 31.8. The summed E-state index contributed by atoms with van der Waals surface area (Å²) in [4.78, 5) is 32.9. The number of rotatable bonds is 15. The Bertz CT molecular complexity index is 1320. The second kappa shape index (κ2) is 17.7. The zero-order valence-electron chi connectivity index (χ0n) is 24.3. The molecule has 3 aromatic rings. The second-order valence-electron chi connectivity index (χ2n) is 9.65. The lowest BCUT2D eigenvalue weighted by atomic mass is 9.95. The Morgan fingerprint density at radius 2 is 1.21 bits per heavy atom. The van der Waals surface area contributed by atoms with Crippen LogP contribution < -0.4 is 4.74 Å². The van der Waals surface area contributed by atoms with Crippen LogP contribution in [0, 0.1) is 0 Å². The largest absolute Gasteiger partial charge is 0.494 e. The Hall–Kier alpha value is -4.18. The molecule has 9 nitrogen and oxygen atoms in total. The number of halogens is 1. The summed E-state index contributed by atoms with van der Waals surface area (Å²) in [6.07, 6.45) is -1.26. The van der Waals surface area contributed by atoms with E-state index in [2.05, 4.69) is 43.0 Å². The van der Waals surface area contributed by atoms with Gasteiger partial charge in [0.15, 0.2) is 5.60 Å². The Morgan fingerprint density at radius 3 is 1.65 bits per heavy atom. The van der Waals surface area contributed by atoms with Gasteiger partial charge in [-0.05, 0) is 48.3 Å². The summed E-state index contributed by atoms with van der Waals surface area (Å²) >= 11 is 6.88. The molecule has 0 amide bonds. The van der Waals surface area contributed by atoms with Crippen LogP contribution in [0.2, 0.25) is 0 Å². The summed E-state index contributed by atoms with van der Waals surface area (Å²) in [6, 6.07) is 28.6. The highest BCUT2D eigenvalue weighted by molar-refractivity contribution is 6.53. The molecule has 3 rings (SSSR count). The van der Waals surface area contributed by atoms with E-state index < -0.39 is 36.4 Å². The highest BCUT2D eigenvalue weighted by Crippen LogP contribution is 2.35. The Labute approximate surface area is 256 Å². The smallest absolute Gasteiger partial charge is 0.336 e. The predicted octanol–water partition coefficient (Wildman–Crippen LogP) is 5.70. The van der Waals surface area contributed by atoms with Crippen LogP contribution in [-0.4, -0.2) is 75.1 Å².